The van der Waals surface area contributed by atoms with Crippen molar-refractivity contribution in [2.24, 2.45) is 10.7 Å². The first-order chi connectivity index (χ1) is 7.38. The number of benzene rings is 1. The number of hydrogen-bond acceptors (Lipinski definition) is 3. The van der Waals surface area contributed by atoms with Crippen LogP contribution in [0.4, 0.5) is 5.69 Å². The Morgan fingerprint density at radius 1 is 1.27 bits per heavy atom. The van der Waals surface area contributed by atoms with E-state index >= 15 is 0 Å². The van der Waals surface area contributed by atoms with Gasteiger partial charge in [-0.2, -0.15) is 0 Å². The molecule has 2 rings (SSSR count). The monoisotopic (exact) mass is 203 g/mol. The van der Waals surface area contributed by atoms with Gasteiger partial charge in [-0.25, -0.2) is 0 Å². The predicted octanol–water partition coefficient (Wildman–Crippen LogP) is 1.79. The third kappa shape index (κ3) is 2.80. The summed E-state index contributed by atoms with van der Waals surface area (Å²) in [4.78, 5) is 4.38. The Balaban J connectivity index is 1.97. The lowest BCUT2D eigenvalue weighted by Gasteiger charge is -2.06. The van der Waals surface area contributed by atoms with Gasteiger partial charge in [-0.1, -0.05) is 12.1 Å². The molecule has 0 aliphatic carbocycles. The number of anilines is 1. The van der Waals surface area contributed by atoms with Crippen molar-refractivity contribution in [2.75, 3.05) is 18.4 Å². The molecule has 1 aliphatic rings. The molecule has 0 amide bonds. The molecule has 0 saturated carbocycles. The van der Waals surface area contributed by atoms with Gasteiger partial charge >= 0.3 is 0 Å². The van der Waals surface area contributed by atoms with E-state index in [1.807, 2.05) is 0 Å². The van der Waals surface area contributed by atoms with E-state index in [2.05, 4.69) is 34.6 Å². The maximum atomic E-state index is 5.50. The zero-order valence-corrected chi connectivity index (χ0v) is 8.87. The van der Waals surface area contributed by atoms with Gasteiger partial charge in [0.1, 0.15) is 5.84 Å². The molecule has 1 aromatic rings. The average molecular weight is 203 g/mol. The molecule has 0 fully saturated rings. The maximum Gasteiger partial charge on any atom is 0.101 e. The van der Waals surface area contributed by atoms with Crippen LogP contribution in [0.1, 0.15) is 18.4 Å². The highest BCUT2D eigenvalue weighted by molar-refractivity contribution is 5.96. The van der Waals surface area contributed by atoms with Crippen molar-refractivity contribution >= 4 is 11.5 Å². The van der Waals surface area contributed by atoms with Crippen LogP contribution in [0.3, 0.4) is 0 Å². The summed E-state index contributed by atoms with van der Waals surface area (Å²) in [5.74, 6) is 1.11. The van der Waals surface area contributed by atoms with E-state index < -0.39 is 0 Å². The molecule has 0 atom stereocenters. The fourth-order valence-corrected chi connectivity index (χ4v) is 1.73. The molecule has 0 radical (unpaired) electrons. The molecule has 1 heterocycles. The minimum absolute atomic E-state index is 0.708. The SMILES string of the molecule is NCCc1ccc(NC2=NCCC2)cc1. The summed E-state index contributed by atoms with van der Waals surface area (Å²) in [6, 6.07) is 8.41. The van der Waals surface area contributed by atoms with Crippen molar-refractivity contribution in [3.8, 4) is 0 Å². The Bertz CT molecular complexity index is 340. The van der Waals surface area contributed by atoms with E-state index in [-0.39, 0.29) is 0 Å². The number of nitrogens with two attached hydrogens (primary N) is 1. The fraction of sp³-hybridized carbons (Fsp3) is 0.417. The molecule has 0 unspecified atom stereocenters. The van der Waals surface area contributed by atoms with Crippen LogP contribution in [0.5, 0.6) is 0 Å². The summed E-state index contributed by atoms with van der Waals surface area (Å²) in [6.45, 7) is 1.67. The van der Waals surface area contributed by atoms with Crippen LogP contribution in [-0.2, 0) is 6.42 Å². The van der Waals surface area contributed by atoms with Gasteiger partial charge in [0, 0.05) is 18.7 Å². The van der Waals surface area contributed by atoms with Crippen LogP contribution in [0.2, 0.25) is 0 Å². The molecular formula is C12H17N3. The van der Waals surface area contributed by atoms with Crippen molar-refractivity contribution in [3.05, 3.63) is 29.8 Å². The van der Waals surface area contributed by atoms with Crippen molar-refractivity contribution in [3.63, 3.8) is 0 Å². The summed E-state index contributed by atoms with van der Waals surface area (Å²) in [6.07, 6.45) is 3.19. The molecule has 1 aliphatic heterocycles. The molecule has 3 N–H and O–H groups in total. The summed E-state index contributed by atoms with van der Waals surface area (Å²) in [5, 5.41) is 3.33. The normalized spacial score (nSPS) is 15.1. The Morgan fingerprint density at radius 3 is 2.67 bits per heavy atom. The van der Waals surface area contributed by atoms with E-state index in [0.29, 0.717) is 6.54 Å². The summed E-state index contributed by atoms with van der Waals surface area (Å²) >= 11 is 0. The Hall–Kier alpha value is -1.35. The topological polar surface area (TPSA) is 50.4 Å². The summed E-state index contributed by atoms with van der Waals surface area (Å²) in [5.41, 5.74) is 7.91. The van der Waals surface area contributed by atoms with Crippen molar-refractivity contribution in [1.29, 1.82) is 0 Å². The van der Waals surface area contributed by atoms with Gasteiger partial charge in [-0.05, 0) is 37.1 Å². The Labute approximate surface area is 90.4 Å². The second-order valence-corrected chi connectivity index (χ2v) is 3.79. The van der Waals surface area contributed by atoms with E-state index in [1.54, 1.807) is 0 Å². The van der Waals surface area contributed by atoms with Crippen LogP contribution in [0.25, 0.3) is 0 Å². The highest BCUT2D eigenvalue weighted by Crippen LogP contribution is 2.12. The van der Waals surface area contributed by atoms with Gasteiger partial charge in [0.25, 0.3) is 0 Å². The van der Waals surface area contributed by atoms with E-state index in [9.17, 15) is 0 Å². The smallest absolute Gasteiger partial charge is 0.101 e. The van der Waals surface area contributed by atoms with Crippen LogP contribution in [0.15, 0.2) is 29.3 Å². The fourth-order valence-electron chi connectivity index (χ4n) is 1.73. The van der Waals surface area contributed by atoms with Crippen LogP contribution < -0.4 is 11.1 Å². The first kappa shape index (κ1) is 10.2. The second kappa shape index (κ2) is 4.94. The van der Waals surface area contributed by atoms with E-state index in [4.69, 9.17) is 5.73 Å². The van der Waals surface area contributed by atoms with Crippen molar-refractivity contribution in [2.45, 2.75) is 19.3 Å². The predicted molar refractivity (Wildman–Crippen MR) is 64.4 cm³/mol. The zero-order valence-electron chi connectivity index (χ0n) is 8.87. The number of nitrogens with zero attached hydrogens (tertiary/aromatic N) is 1. The summed E-state index contributed by atoms with van der Waals surface area (Å²) < 4.78 is 0. The van der Waals surface area contributed by atoms with Crippen LogP contribution in [0, 0.1) is 0 Å². The van der Waals surface area contributed by atoms with Gasteiger partial charge in [-0.15, -0.1) is 0 Å². The Morgan fingerprint density at radius 2 is 2.07 bits per heavy atom. The van der Waals surface area contributed by atoms with Crippen molar-refractivity contribution < 1.29 is 0 Å². The Kier molecular flexibility index (Phi) is 3.35. The summed E-state index contributed by atoms with van der Waals surface area (Å²) in [7, 11) is 0. The quantitative estimate of drug-likeness (QED) is 0.787. The molecular weight excluding hydrogens is 186 g/mol. The lowest BCUT2D eigenvalue weighted by atomic mass is 10.1. The molecule has 3 heteroatoms. The third-order valence-electron chi connectivity index (χ3n) is 2.55. The number of rotatable bonds is 3. The van der Waals surface area contributed by atoms with E-state index in [0.717, 1.165) is 30.9 Å². The first-order valence-corrected chi connectivity index (χ1v) is 5.48. The average Bonchev–Trinajstić information content (AvgIpc) is 2.74. The largest absolute Gasteiger partial charge is 0.344 e. The first-order valence-electron chi connectivity index (χ1n) is 5.48. The second-order valence-electron chi connectivity index (χ2n) is 3.79. The minimum atomic E-state index is 0.708. The maximum absolute atomic E-state index is 5.50. The van der Waals surface area contributed by atoms with Crippen LogP contribution >= 0.6 is 0 Å². The zero-order chi connectivity index (χ0) is 10.5. The lowest BCUT2D eigenvalue weighted by Crippen LogP contribution is -2.08. The molecule has 0 bridgehead atoms. The lowest BCUT2D eigenvalue weighted by molar-refractivity contribution is 0.951. The highest BCUT2D eigenvalue weighted by atomic mass is 15.0. The number of nitrogens with one attached hydrogen (secondary N) is 1. The van der Waals surface area contributed by atoms with E-state index in [1.165, 1.54) is 12.0 Å². The number of hydrogen-bond donors (Lipinski definition) is 2. The van der Waals surface area contributed by atoms with Gasteiger partial charge in [-0.3, -0.25) is 4.99 Å². The third-order valence-corrected chi connectivity index (χ3v) is 2.55. The van der Waals surface area contributed by atoms with Gasteiger partial charge < -0.3 is 11.1 Å². The van der Waals surface area contributed by atoms with Gasteiger partial charge in [0.05, 0.1) is 0 Å². The highest BCUT2D eigenvalue weighted by Gasteiger charge is 2.05. The molecule has 3 nitrogen and oxygen atoms in total. The minimum Gasteiger partial charge on any atom is -0.344 e. The van der Waals surface area contributed by atoms with Gasteiger partial charge in [0.2, 0.25) is 0 Å². The molecule has 0 aromatic heterocycles. The van der Waals surface area contributed by atoms with Gasteiger partial charge in [0.15, 0.2) is 0 Å². The molecule has 1 aromatic carbocycles. The van der Waals surface area contributed by atoms with Crippen molar-refractivity contribution in [1.82, 2.24) is 0 Å². The molecule has 0 saturated heterocycles. The standard InChI is InChI=1S/C12H17N3/c13-8-7-10-3-5-11(6-4-10)15-12-2-1-9-14-12/h3-6H,1-2,7-9,13H2,(H,14,15). The number of aliphatic imine (C=N–C) groups is 1. The molecule has 80 valence electrons. The number of amidine groups is 1. The molecule has 0 spiro atoms. The van der Waals surface area contributed by atoms with Crippen LogP contribution in [-0.4, -0.2) is 18.9 Å². The molecule has 15 heavy (non-hydrogen) atoms.